The lowest BCUT2D eigenvalue weighted by atomic mass is 9.95. The zero-order valence-corrected chi connectivity index (χ0v) is 13.4. The predicted molar refractivity (Wildman–Crippen MR) is 90.3 cm³/mol. The first-order valence-electron chi connectivity index (χ1n) is 7.31. The highest BCUT2D eigenvalue weighted by atomic mass is 16.5. The molecule has 23 heavy (non-hydrogen) atoms. The van der Waals surface area contributed by atoms with Crippen LogP contribution in [-0.2, 0) is 16.0 Å². The van der Waals surface area contributed by atoms with Gasteiger partial charge in [-0.05, 0) is 27.8 Å². The quantitative estimate of drug-likeness (QED) is 0.544. The van der Waals surface area contributed by atoms with Crippen LogP contribution in [0, 0.1) is 0 Å². The third-order valence-electron chi connectivity index (χ3n) is 4.02. The van der Waals surface area contributed by atoms with Gasteiger partial charge >= 0.3 is 5.97 Å². The molecule has 0 bridgehead atoms. The fraction of sp³-hybridized carbons (Fsp3) is 0.211. The van der Waals surface area contributed by atoms with Gasteiger partial charge in [0.1, 0.15) is 0 Å². The van der Waals surface area contributed by atoms with Gasteiger partial charge in [-0.1, -0.05) is 36.4 Å². The van der Waals surface area contributed by atoms with Crippen molar-refractivity contribution in [2.75, 3.05) is 21.3 Å². The molecule has 0 radical (unpaired) electrons. The number of methoxy groups -OCH3 is 3. The van der Waals surface area contributed by atoms with E-state index in [-0.39, 0.29) is 12.4 Å². The van der Waals surface area contributed by atoms with Crippen LogP contribution >= 0.6 is 0 Å². The SMILES string of the molecule is COC(=O)Cc1cc(OC)c(OC)c2c1ccc1ccccc12. The number of carbonyl (C=O) groups is 1. The predicted octanol–water partition coefficient (Wildman–Crippen LogP) is 3.73. The summed E-state index contributed by atoms with van der Waals surface area (Å²) in [7, 11) is 4.61. The number of benzene rings is 3. The highest BCUT2D eigenvalue weighted by Crippen LogP contribution is 2.41. The van der Waals surface area contributed by atoms with E-state index in [1.54, 1.807) is 14.2 Å². The van der Waals surface area contributed by atoms with Crippen LogP contribution in [0.3, 0.4) is 0 Å². The Morgan fingerprint density at radius 2 is 1.74 bits per heavy atom. The maximum atomic E-state index is 11.7. The van der Waals surface area contributed by atoms with Gasteiger partial charge in [-0.3, -0.25) is 4.79 Å². The number of ether oxygens (including phenoxy) is 3. The number of hydrogen-bond acceptors (Lipinski definition) is 4. The summed E-state index contributed by atoms with van der Waals surface area (Å²) in [5.41, 5.74) is 0.857. The summed E-state index contributed by atoms with van der Waals surface area (Å²) >= 11 is 0. The topological polar surface area (TPSA) is 44.8 Å². The molecule has 0 aromatic heterocycles. The van der Waals surface area contributed by atoms with E-state index in [1.165, 1.54) is 7.11 Å². The largest absolute Gasteiger partial charge is 0.493 e. The van der Waals surface area contributed by atoms with Crippen molar-refractivity contribution in [1.82, 2.24) is 0 Å². The van der Waals surface area contributed by atoms with Crippen molar-refractivity contribution in [3.8, 4) is 11.5 Å². The van der Waals surface area contributed by atoms with Crippen molar-refractivity contribution < 1.29 is 19.0 Å². The number of fused-ring (bicyclic) bond motifs is 3. The molecule has 0 unspecified atom stereocenters. The number of carbonyl (C=O) groups excluding carboxylic acids is 1. The lowest BCUT2D eigenvalue weighted by Crippen LogP contribution is -2.06. The zero-order valence-electron chi connectivity index (χ0n) is 13.4. The van der Waals surface area contributed by atoms with E-state index >= 15 is 0 Å². The van der Waals surface area contributed by atoms with Gasteiger partial charge in [0, 0.05) is 5.39 Å². The summed E-state index contributed by atoms with van der Waals surface area (Å²) in [6, 6.07) is 14.0. The summed E-state index contributed by atoms with van der Waals surface area (Å²) in [5, 5.41) is 4.08. The molecule has 0 heterocycles. The molecule has 0 saturated carbocycles. The first-order chi connectivity index (χ1) is 11.2. The molecule has 3 aromatic carbocycles. The molecular weight excluding hydrogens is 292 g/mol. The standard InChI is InChI=1S/C19H18O4/c1-21-16-10-13(11-17(20)22-2)15-9-8-12-6-4-5-7-14(12)18(15)19(16)23-3/h4-10H,11H2,1-3H3. The molecule has 4 heteroatoms. The van der Waals surface area contributed by atoms with Crippen molar-refractivity contribution in [3.05, 3.63) is 48.0 Å². The molecule has 0 aliphatic rings. The van der Waals surface area contributed by atoms with E-state index in [4.69, 9.17) is 14.2 Å². The van der Waals surface area contributed by atoms with Gasteiger partial charge in [-0.25, -0.2) is 0 Å². The first-order valence-corrected chi connectivity index (χ1v) is 7.31. The van der Waals surface area contributed by atoms with Gasteiger partial charge < -0.3 is 14.2 Å². The molecule has 0 fully saturated rings. The summed E-state index contributed by atoms with van der Waals surface area (Å²) in [6.07, 6.45) is 0.186. The normalized spacial score (nSPS) is 10.7. The fourth-order valence-electron chi connectivity index (χ4n) is 2.94. The van der Waals surface area contributed by atoms with Gasteiger partial charge in [-0.2, -0.15) is 0 Å². The second-order valence-electron chi connectivity index (χ2n) is 5.23. The molecule has 118 valence electrons. The lowest BCUT2D eigenvalue weighted by molar-refractivity contribution is -0.139. The summed E-state index contributed by atoms with van der Waals surface area (Å²) < 4.78 is 15.9. The fourth-order valence-corrected chi connectivity index (χ4v) is 2.94. The van der Waals surface area contributed by atoms with Crippen molar-refractivity contribution in [1.29, 1.82) is 0 Å². The Balaban J connectivity index is 2.42. The van der Waals surface area contributed by atoms with Crippen LogP contribution in [0.2, 0.25) is 0 Å². The maximum Gasteiger partial charge on any atom is 0.310 e. The molecule has 3 aromatic rings. The van der Waals surface area contributed by atoms with Crippen LogP contribution in [0.15, 0.2) is 42.5 Å². The molecule has 0 aliphatic carbocycles. The minimum atomic E-state index is -0.285. The summed E-state index contributed by atoms with van der Waals surface area (Å²) in [5.74, 6) is 0.995. The molecular formula is C19H18O4. The number of esters is 1. The monoisotopic (exact) mass is 310 g/mol. The third-order valence-corrected chi connectivity index (χ3v) is 4.02. The van der Waals surface area contributed by atoms with Gasteiger partial charge in [0.15, 0.2) is 11.5 Å². The van der Waals surface area contributed by atoms with Crippen LogP contribution in [0.25, 0.3) is 21.5 Å². The van der Waals surface area contributed by atoms with E-state index in [2.05, 4.69) is 0 Å². The Morgan fingerprint density at radius 1 is 0.957 bits per heavy atom. The first kappa shape index (κ1) is 15.2. The van der Waals surface area contributed by atoms with Gasteiger partial charge in [0.25, 0.3) is 0 Å². The maximum absolute atomic E-state index is 11.7. The van der Waals surface area contributed by atoms with Crippen molar-refractivity contribution in [3.63, 3.8) is 0 Å². The highest BCUT2D eigenvalue weighted by Gasteiger charge is 2.17. The van der Waals surface area contributed by atoms with E-state index in [9.17, 15) is 4.79 Å². The van der Waals surface area contributed by atoms with E-state index in [1.807, 2.05) is 42.5 Å². The van der Waals surface area contributed by atoms with Gasteiger partial charge in [0.2, 0.25) is 0 Å². The van der Waals surface area contributed by atoms with E-state index < -0.39 is 0 Å². The van der Waals surface area contributed by atoms with Crippen LogP contribution in [0.5, 0.6) is 11.5 Å². The molecule has 4 nitrogen and oxygen atoms in total. The molecule has 0 amide bonds. The van der Waals surface area contributed by atoms with Gasteiger partial charge in [-0.15, -0.1) is 0 Å². The molecule has 0 spiro atoms. The minimum Gasteiger partial charge on any atom is -0.493 e. The van der Waals surface area contributed by atoms with E-state index in [0.717, 1.165) is 27.1 Å². The molecule has 0 saturated heterocycles. The number of rotatable bonds is 4. The molecule has 3 rings (SSSR count). The number of hydrogen-bond donors (Lipinski definition) is 0. The second kappa shape index (κ2) is 6.16. The van der Waals surface area contributed by atoms with Crippen LogP contribution in [0.1, 0.15) is 5.56 Å². The van der Waals surface area contributed by atoms with Crippen LogP contribution < -0.4 is 9.47 Å². The van der Waals surface area contributed by atoms with E-state index in [0.29, 0.717) is 11.5 Å². The average Bonchev–Trinajstić information content (AvgIpc) is 2.60. The highest BCUT2D eigenvalue weighted by molar-refractivity contribution is 6.13. The Labute approximate surface area is 134 Å². The third kappa shape index (κ3) is 2.57. The van der Waals surface area contributed by atoms with Crippen molar-refractivity contribution in [2.24, 2.45) is 0 Å². The second-order valence-corrected chi connectivity index (χ2v) is 5.23. The van der Waals surface area contributed by atoms with Crippen molar-refractivity contribution >= 4 is 27.5 Å². The Morgan fingerprint density at radius 3 is 2.43 bits per heavy atom. The molecule has 0 aliphatic heterocycles. The molecule has 0 N–H and O–H groups in total. The van der Waals surface area contributed by atoms with Crippen molar-refractivity contribution in [2.45, 2.75) is 6.42 Å². The minimum absolute atomic E-state index is 0.186. The summed E-state index contributed by atoms with van der Waals surface area (Å²) in [6.45, 7) is 0. The average molecular weight is 310 g/mol. The summed E-state index contributed by atoms with van der Waals surface area (Å²) in [4.78, 5) is 11.7. The smallest absolute Gasteiger partial charge is 0.310 e. The lowest BCUT2D eigenvalue weighted by Gasteiger charge is -2.16. The Hall–Kier alpha value is -2.75. The van der Waals surface area contributed by atoms with Gasteiger partial charge in [0.05, 0.1) is 27.8 Å². The zero-order chi connectivity index (χ0) is 16.4. The molecule has 0 atom stereocenters. The Kier molecular flexibility index (Phi) is 4.06. The Bertz CT molecular complexity index is 883. The van der Waals surface area contributed by atoms with Crippen LogP contribution in [-0.4, -0.2) is 27.3 Å². The van der Waals surface area contributed by atoms with Crippen LogP contribution in [0.4, 0.5) is 0 Å².